The summed E-state index contributed by atoms with van der Waals surface area (Å²) in [4.78, 5) is 24.2. The van der Waals surface area contributed by atoms with Crippen LogP contribution in [-0.2, 0) is 11.2 Å². The van der Waals surface area contributed by atoms with Gasteiger partial charge in [-0.15, -0.1) is 0 Å². The second-order valence-electron chi connectivity index (χ2n) is 2.99. The van der Waals surface area contributed by atoms with Crippen LogP contribution in [0.3, 0.4) is 0 Å². The number of imidazole rings is 1. The maximum absolute atomic E-state index is 10.7. The van der Waals surface area contributed by atoms with Gasteiger partial charge in [0.15, 0.2) is 5.52 Å². The van der Waals surface area contributed by atoms with Gasteiger partial charge in [0, 0.05) is 12.6 Å². The van der Waals surface area contributed by atoms with E-state index in [2.05, 4.69) is 4.98 Å². The normalized spacial score (nSPS) is 10.4. The highest BCUT2D eigenvalue weighted by Crippen LogP contribution is 2.21. The first-order valence-electron chi connectivity index (χ1n) is 4.26. The number of hydrogen-bond acceptors (Lipinski definition) is 4. The predicted octanol–water partition coefficient (Wildman–Crippen LogP) is 0.984. The van der Waals surface area contributed by atoms with Crippen LogP contribution >= 0.6 is 0 Å². The lowest BCUT2D eigenvalue weighted by molar-refractivity contribution is -0.387. The van der Waals surface area contributed by atoms with Gasteiger partial charge in [0.2, 0.25) is 6.33 Å². The Morgan fingerprint density at radius 1 is 1.60 bits per heavy atom. The summed E-state index contributed by atoms with van der Waals surface area (Å²) < 4.78 is 1.54. The van der Waals surface area contributed by atoms with Crippen molar-refractivity contribution < 1.29 is 9.72 Å². The minimum Gasteiger partial charge on any atom is -0.358 e. The number of hydrogen-bond donors (Lipinski definition) is 0. The molecule has 0 radical (unpaired) electrons. The molecule has 0 saturated heterocycles. The highest BCUT2D eigenvalue weighted by atomic mass is 16.6. The molecule has 2 rings (SSSR count). The molecule has 0 aromatic carbocycles. The number of rotatable bonds is 3. The van der Waals surface area contributed by atoms with Crippen molar-refractivity contribution in [2.24, 2.45) is 0 Å². The topological polar surface area (TPSA) is 77.5 Å². The van der Waals surface area contributed by atoms with Crippen molar-refractivity contribution in [3.05, 3.63) is 40.3 Å². The van der Waals surface area contributed by atoms with Gasteiger partial charge in [0.05, 0.1) is 0 Å². The zero-order valence-corrected chi connectivity index (χ0v) is 7.66. The molecule has 76 valence electrons. The Morgan fingerprint density at radius 2 is 2.40 bits per heavy atom. The lowest BCUT2D eigenvalue weighted by atomic mass is 10.2. The number of fused-ring (bicyclic) bond motifs is 1. The van der Waals surface area contributed by atoms with Crippen molar-refractivity contribution >= 4 is 17.6 Å². The van der Waals surface area contributed by atoms with Crippen molar-refractivity contribution in [3.63, 3.8) is 0 Å². The van der Waals surface area contributed by atoms with E-state index < -0.39 is 4.92 Å². The molecule has 0 N–H and O–H groups in total. The largest absolute Gasteiger partial charge is 0.389 e. The molecule has 0 unspecified atom stereocenters. The van der Waals surface area contributed by atoms with Gasteiger partial charge in [-0.05, 0) is 21.5 Å². The van der Waals surface area contributed by atoms with Crippen molar-refractivity contribution in [1.29, 1.82) is 0 Å². The monoisotopic (exact) mass is 205 g/mol. The Hall–Kier alpha value is -2.24. The van der Waals surface area contributed by atoms with Crippen LogP contribution in [0.1, 0.15) is 5.56 Å². The number of aromatic nitrogens is 2. The Kier molecular flexibility index (Phi) is 2.17. The Bertz CT molecular complexity index is 532. The summed E-state index contributed by atoms with van der Waals surface area (Å²) in [6.07, 6.45) is 3.88. The first-order chi connectivity index (χ1) is 7.24. The fourth-order valence-corrected chi connectivity index (χ4v) is 1.49. The SMILES string of the molecule is O=CCc1cccn2cnc([N+](=O)[O-])c12. The van der Waals surface area contributed by atoms with Crippen LogP contribution in [0.5, 0.6) is 0 Å². The molecule has 0 atom stereocenters. The van der Waals surface area contributed by atoms with Crippen LogP contribution in [0.15, 0.2) is 24.7 Å². The van der Waals surface area contributed by atoms with Crippen molar-refractivity contribution in [2.45, 2.75) is 6.42 Å². The van der Waals surface area contributed by atoms with Gasteiger partial charge in [0.1, 0.15) is 6.29 Å². The Balaban J connectivity index is 2.74. The van der Waals surface area contributed by atoms with E-state index in [1.54, 1.807) is 18.3 Å². The van der Waals surface area contributed by atoms with Crippen LogP contribution in [0, 0.1) is 10.1 Å². The minimum atomic E-state index is -0.552. The van der Waals surface area contributed by atoms with Gasteiger partial charge in [-0.1, -0.05) is 6.07 Å². The molecule has 0 bridgehead atoms. The zero-order valence-electron chi connectivity index (χ0n) is 7.66. The first-order valence-corrected chi connectivity index (χ1v) is 4.26. The molecule has 6 heteroatoms. The fourth-order valence-electron chi connectivity index (χ4n) is 1.49. The van der Waals surface area contributed by atoms with Crippen LogP contribution in [0.25, 0.3) is 5.52 Å². The molecule has 6 nitrogen and oxygen atoms in total. The smallest absolute Gasteiger partial charge is 0.358 e. The highest BCUT2D eigenvalue weighted by molar-refractivity contribution is 5.71. The van der Waals surface area contributed by atoms with E-state index >= 15 is 0 Å². The molecule has 2 aromatic rings. The van der Waals surface area contributed by atoms with Crippen LogP contribution in [0.2, 0.25) is 0 Å². The summed E-state index contributed by atoms with van der Waals surface area (Å²) in [6, 6.07) is 3.40. The molecular weight excluding hydrogens is 198 g/mol. The Morgan fingerprint density at radius 3 is 3.07 bits per heavy atom. The van der Waals surface area contributed by atoms with Crippen LogP contribution in [-0.4, -0.2) is 20.6 Å². The lowest BCUT2D eigenvalue weighted by Gasteiger charge is -1.98. The number of carbonyl (C=O) groups is 1. The standard InChI is InChI=1S/C9H7N3O3/c13-5-3-7-2-1-4-11-6-10-9(8(7)11)12(14)15/h1-2,4-6H,3H2. The van der Waals surface area contributed by atoms with E-state index in [0.717, 1.165) is 0 Å². The van der Waals surface area contributed by atoms with E-state index in [9.17, 15) is 14.9 Å². The van der Waals surface area contributed by atoms with E-state index in [0.29, 0.717) is 17.4 Å². The summed E-state index contributed by atoms with van der Waals surface area (Å²) in [6.45, 7) is 0. The molecule has 2 aromatic heterocycles. The second kappa shape index (κ2) is 3.49. The number of aldehydes is 1. The number of nitrogens with zero attached hydrogens (tertiary/aromatic N) is 3. The van der Waals surface area contributed by atoms with Crippen molar-refractivity contribution in [3.8, 4) is 0 Å². The van der Waals surface area contributed by atoms with E-state index in [1.807, 2.05) is 0 Å². The van der Waals surface area contributed by atoms with E-state index in [-0.39, 0.29) is 12.2 Å². The molecule has 0 amide bonds. The van der Waals surface area contributed by atoms with E-state index in [1.165, 1.54) is 10.7 Å². The molecular formula is C9H7N3O3. The second-order valence-corrected chi connectivity index (χ2v) is 2.99. The quantitative estimate of drug-likeness (QED) is 0.425. The van der Waals surface area contributed by atoms with Gasteiger partial charge in [-0.3, -0.25) is 4.40 Å². The van der Waals surface area contributed by atoms with Gasteiger partial charge >= 0.3 is 5.82 Å². The minimum absolute atomic E-state index is 0.150. The third kappa shape index (κ3) is 1.45. The van der Waals surface area contributed by atoms with Crippen molar-refractivity contribution in [1.82, 2.24) is 9.38 Å². The van der Waals surface area contributed by atoms with Gasteiger partial charge < -0.3 is 14.9 Å². The van der Waals surface area contributed by atoms with Gasteiger partial charge in [-0.2, -0.15) is 0 Å². The average molecular weight is 205 g/mol. The van der Waals surface area contributed by atoms with Gasteiger partial charge in [-0.25, -0.2) is 0 Å². The zero-order chi connectivity index (χ0) is 10.8. The molecule has 0 aliphatic rings. The average Bonchev–Trinajstić information content (AvgIpc) is 2.62. The first kappa shape index (κ1) is 9.32. The summed E-state index contributed by atoms with van der Waals surface area (Å²) in [7, 11) is 0. The molecule has 0 saturated carbocycles. The molecule has 0 fully saturated rings. The number of pyridine rings is 1. The van der Waals surface area contributed by atoms with Crippen LogP contribution < -0.4 is 0 Å². The summed E-state index contributed by atoms with van der Waals surface area (Å²) >= 11 is 0. The maximum atomic E-state index is 10.7. The summed E-state index contributed by atoms with van der Waals surface area (Å²) in [5.41, 5.74) is 0.992. The third-order valence-corrected chi connectivity index (χ3v) is 2.10. The summed E-state index contributed by atoms with van der Waals surface area (Å²) in [5.74, 6) is -0.215. The number of nitro groups is 1. The maximum Gasteiger partial charge on any atom is 0.389 e. The molecule has 0 spiro atoms. The predicted molar refractivity (Wildman–Crippen MR) is 51.6 cm³/mol. The number of carbonyl (C=O) groups excluding carboxylic acids is 1. The molecule has 0 aliphatic heterocycles. The molecule has 0 aliphatic carbocycles. The third-order valence-electron chi connectivity index (χ3n) is 2.10. The molecule has 15 heavy (non-hydrogen) atoms. The van der Waals surface area contributed by atoms with Crippen LogP contribution in [0.4, 0.5) is 5.82 Å². The Labute approximate surface area is 84.3 Å². The summed E-state index contributed by atoms with van der Waals surface area (Å²) in [5, 5.41) is 10.7. The highest BCUT2D eigenvalue weighted by Gasteiger charge is 2.18. The van der Waals surface area contributed by atoms with E-state index in [4.69, 9.17) is 0 Å². The fraction of sp³-hybridized carbons (Fsp3) is 0.111. The van der Waals surface area contributed by atoms with Crippen molar-refractivity contribution in [2.75, 3.05) is 0 Å². The van der Waals surface area contributed by atoms with Gasteiger partial charge in [0.25, 0.3) is 0 Å². The molecule has 2 heterocycles. The lowest BCUT2D eigenvalue weighted by Crippen LogP contribution is -1.95.